The summed E-state index contributed by atoms with van der Waals surface area (Å²) < 4.78 is 15.2. The molecule has 6 heteroatoms. The molecule has 0 spiro atoms. The van der Waals surface area contributed by atoms with Crippen LogP contribution in [-0.4, -0.2) is 29.1 Å². The average Bonchev–Trinajstić information content (AvgIpc) is 2.66. The number of rotatable bonds is 4. The Labute approximate surface area is 104 Å². The van der Waals surface area contributed by atoms with Crippen molar-refractivity contribution in [1.29, 1.82) is 0 Å². The first-order valence-electron chi connectivity index (χ1n) is 5.69. The zero-order valence-corrected chi connectivity index (χ0v) is 10.3. The van der Waals surface area contributed by atoms with Crippen molar-refractivity contribution in [2.24, 2.45) is 7.05 Å². The Hall–Kier alpha value is -1.95. The number of halogens is 1. The number of hydrogen-bond acceptors (Lipinski definition) is 3. The molecule has 1 amide bonds. The van der Waals surface area contributed by atoms with Gasteiger partial charge in [-0.1, -0.05) is 6.07 Å². The Morgan fingerprint density at radius 3 is 2.94 bits per heavy atom. The molecule has 0 fully saturated rings. The first kappa shape index (κ1) is 12.5. The standard InChI is InChI=1S/C12H15FN4O/c1-14-7-6-10(18)15-12-16-11-8(13)4-3-5-9(11)17(12)2/h3-5,14H,6-7H2,1-2H3,(H,15,16,18). The smallest absolute Gasteiger partial charge is 0.227 e. The van der Waals surface area contributed by atoms with E-state index in [1.165, 1.54) is 6.07 Å². The molecule has 0 unspecified atom stereocenters. The van der Waals surface area contributed by atoms with Gasteiger partial charge in [-0.15, -0.1) is 0 Å². The number of imidazole rings is 1. The van der Waals surface area contributed by atoms with E-state index in [4.69, 9.17) is 0 Å². The van der Waals surface area contributed by atoms with E-state index in [1.54, 1.807) is 30.8 Å². The van der Waals surface area contributed by atoms with Gasteiger partial charge in [0.1, 0.15) is 5.52 Å². The van der Waals surface area contributed by atoms with Crippen LogP contribution < -0.4 is 10.6 Å². The third kappa shape index (κ3) is 2.33. The van der Waals surface area contributed by atoms with Gasteiger partial charge in [0.2, 0.25) is 11.9 Å². The van der Waals surface area contributed by atoms with Crippen LogP contribution in [0.3, 0.4) is 0 Å². The second-order valence-electron chi connectivity index (χ2n) is 4.00. The normalized spacial score (nSPS) is 10.8. The number of aromatic nitrogens is 2. The number of hydrogen-bond donors (Lipinski definition) is 2. The predicted octanol–water partition coefficient (Wildman–Crippen LogP) is 1.26. The van der Waals surface area contributed by atoms with Crippen LogP contribution in [0.4, 0.5) is 10.3 Å². The Morgan fingerprint density at radius 1 is 1.50 bits per heavy atom. The van der Waals surface area contributed by atoms with Gasteiger partial charge in [-0.2, -0.15) is 0 Å². The molecule has 0 saturated heterocycles. The second kappa shape index (κ2) is 5.14. The molecule has 2 aromatic rings. The number of nitrogens with one attached hydrogen (secondary N) is 2. The average molecular weight is 250 g/mol. The largest absolute Gasteiger partial charge is 0.319 e. The molecule has 0 aliphatic heterocycles. The Kier molecular flexibility index (Phi) is 3.57. The van der Waals surface area contributed by atoms with Crippen LogP contribution in [0, 0.1) is 5.82 Å². The van der Waals surface area contributed by atoms with E-state index in [1.807, 2.05) is 0 Å². The Morgan fingerprint density at radius 2 is 2.28 bits per heavy atom. The minimum atomic E-state index is -0.390. The van der Waals surface area contributed by atoms with Gasteiger partial charge in [-0.3, -0.25) is 10.1 Å². The lowest BCUT2D eigenvalue weighted by Gasteiger charge is -2.04. The highest BCUT2D eigenvalue weighted by molar-refractivity contribution is 5.91. The van der Waals surface area contributed by atoms with Gasteiger partial charge >= 0.3 is 0 Å². The molecule has 0 saturated carbocycles. The monoisotopic (exact) mass is 250 g/mol. The van der Waals surface area contributed by atoms with Crippen molar-refractivity contribution >= 4 is 22.9 Å². The Balaban J connectivity index is 2.26. The van der Waals surface area contributed by atoms with Crippen molar-refractivity contribution in [3.05, 3.63) is 24.0 Å². The fraction of sp³-hybridized carbons (Fsp3) is 0.333. The zero-order valence-electron chi connectivity index (χ0n) is 10.3. The molecule has 1 aromatic heterocycles. The highest BCUT2D eigenvalue weighted by Gasteiger charge is 2.12. The first-order valence-corrected chi connectivity index (χ1v) is 5.69. The van der Waals surface area contributed by atoms with Crippen LogP contribution in [0.5, 0.6) is 0 Å². The van der Waals surface area contributed by atoms with Crippen molar-refractivity contribution < 1.29 is 9.18 Å². The number of anilines is 1. The van der Waals surface area contributed by atoms with Crippen molar-refractivity contribution in [2.75, 3.05) is 18.9 Å². The van der Waals surface area contributed by atoms with E-state index < -0.39 is 0 Å². The van der Waals surface area contributed by atoms with Gasteiger partial charge in [0.05, 0.1) is 5.52 Å². The lowest BCUT2D eigenvalue weighted by atomic mass is 10.3. The quantitative estimate of drug-likeness (QED) is 0.859. The van der Waals surface area contributed by atoms with Gasteiger partial charge in [0.25, 0.3) is 0 Å². The van der Waals surface area contributed by atoms with Crippen molar-refractivity contribution in [3.8, 4) is 0 Å². The zero-order chi connectivity index (χ0) is 13.1. The maximum Gasteiger partial charge on any atom is 0.227 e. The van der Waals surface area contributed by atoms with Gasteiger partial charge in [-0.25, -0.2) is 9.37 Å². The van der Waals surface area contributed by atoms with E-state index in [2.05, 4.69) is 15.6 Å². The number of para-hydroxylation sites is 1. The summed E-state index contributed by atoms with van der Waals surface area (Å²) >= 11 is 0. The maximum absolute atomic E-state index is 13.5. The third-order valence-corrected chi connectivity index (χ3v) is 2.72. The van der Waals surface area contributed by atoms with E-state index in [9.17, 15) is 9.18 Å². The lowest BCUT2D eigenvalue weighted by molar-refractivity contribution is -0.116. The summed E-state index contributed by atoms with van der Waals surface area (Å²) in [7, 11) is 3.51. The number of nitrogens with zero attached hydrogens (tertiary/aromatic N) is 2. The molecule has 0 radical (unpaired) electrons. The summed E-state index contributed by atoms with van der Waals surface area (Å²) in [5.74, 6) is -0.182. The molecular formula is C12H15FN4O. The minimum absolute atomic E-state index is 0.150. The third-order valence-electron chi connectivity index (χ3n) is 2.72. The summed E-state index contributed by atoms with van der Waals surface area (Å²) in [6, 6.07) is 4.72. The van der Waals surface area contributed by atoms with E-state index in [-0.39, 0.29) is 17.2 Å². The molecule has 5 nitrogen and oxygen atoms in total. The lowest BCUT2D eigenvalue weighted by Crippen LogP contribution is -2.20. The number of aryl methyl sites for hydroxylation is 1. The summed E-state index contributed by atoms with van der Waals surface area (Å²) in [5, 5.41) is 5.55. The molecule has 0 aliphatic rings. The highest BCUT2D eigenvalue weighted by atomic mass is 19.1. The number of fused-ring (bicyclic) bond motifs is 1. The highest BCUT2D eigenvalue weighted by Crippen LogP contribution is 2.20. The molecule has 0 atom stereocenters. The fourth-order valence-corrected chi connectivity index (χ4v) is 1.72. The number of benzene rings is 1. The number of carbonyl (C=O) groups excluding carboxylic acids is 1. The first-order chi connectivity index (χ1) is 8.63. The fourth-order valence-electron chi connectivity index (χ4n) is 1.72. The second-order valence-corrected chi connectivity index (χ2v) is 4.00. The van der Waals surface area contributed by atoms with E-state index in [0.29, 0.717) is 24.4 Å². The van der Waals surface area contributed by atoms with E-state index in [0.717, 1.165) is 0 Å². The molecule has 1 aromatic carbocycles. The molecule has 1 heterocycles. The summed E-state index contributed by atoms with van der Waals surface area (Å²) in [6.07, 6.45) is 0.349. The van der Waals surface area contributed by atoms with Gasteiger partial charge in [-0.05, 0) is 19.2 Å². The molecule has 2 N–H and O–H groups in total. The summed E-state index contributed by atoms with van der Waals surface area (Å²) in [4.78, 5) is 15.7. The van der Waals surface area contributed by atoms with Crippen LogP contribution in [-0.2, 0) is 11.8 Å². The molecule has 0 aliphatic carbocycles. The van der Waals surface area contributed by atoms with Crippen LogP contribution in [0.2, 0.25) is 0 Å². The van der Waals surface area contributed by atoms with E-state index >= 15 is 0 Å². The van der Waals surface area contributed by atoms with Crippen molar-refractivity contribution in [1.82, 2.24) is 14.9 Å². The minimum Gasteiger partial charge on any atom is -0.319 e. The number of carbonyl (C=O) groups is 1. The van der Waals surface area contributed by atoms with Crippen LogP contribution >= 0.6 is 0 Å². The predicted molar refractivity (Wildman–Crippen MR) is 67.8 cm³/mol. The SMILES string of the molecule is CNCCC(=O)Nc1nc2c(F)cccc2n1C. The molecule has 0 bridgehead atoms. The molecular weight excluding hydrogens is 235 g/mol. The summed E-state index contributed by atoms with van der Waals surface area (Å²) in [5.41, 5.74) is 0.919. The van der Waals surface area contributed by atoms with Crippen LogP contribution in [0.15, 0.2) is 18.2 Å². The molecule has 96 valence electrons. The molecule has 18 heavy (non-hydrogen) atoms. The molecule has 2 rings (SSSR count). The number of amides is 1. The maximum atomic E-state index is 13.5. The van der Waals surface area contributed by atoms with Crippen LogP contribution in [0.25, 0.3) is 11.0 Å². The topological polar surface area (TPSA) is 59.0 Å². The van der Waals surface area contributed by atoms with Crippen molar-refractivity contribution in [3.63, 3.8) is 0 Å². The Bertz CT molecular complexity index is 579. The van der Waals surface area contributed by atoms with Gasteiger partial charge < -0.3 is 9.88 Å². The van der Waals surface area contributed by atoms with Gasteiger partial charge in [0.15, 0.2) is 5.82 Å². The van der Waals surface area contributed by atoms with Crippen molar-refractivity contribution in [2.45, 2.75) is 6.42 Å². The van der Waals surface area contributed by atoms with Crippen LogP contribution in [0.1, 0.15) is 6.42 Å². The van der Waals surface area contributed by atoms with Gasteiger partial charge in [0, 0.05) is 20.0 Å². The summed E-state index contributed by atoms with van der Waals surface area (Å²) in [6.45, 7) is 0.587.